The average Bonchev–Trinajstić information content (AvgIpc) is 2.44. The van der Waals surface area contributed by atoms with Crippen molar-refractivity contribution < 1.29 is 23.1 Å². The summed E-state index contributed by atoms with van der Waals surface area (Å²) in [5.74, 6) is -0.239. The smallest absolute Gasteiger partial charge is 0.388 e. The van der Waals surface area contributed by atoms with E-state index in [2.05, 4.69) is 5.32 Å². The van der Waals surface area contributed by atoms with Crippen LogP contribution < -0.4 is 10.9 Å². The van der Waals surface area contributed by atoms with Crippen molar-refractivity contribution in [2.75, 3.05) is 6.54 Å². The maximum atomic E-state index is 12.7. The highest BCUT2D eigenvalue weighted by Gasteiger charge is 2.34. The van der Waals surface area contributed by atoms with Gasteiger partial charge in [0.2, 0.25) is 5.91 Å². The zero-order chi connectivity index (χ0) is 18.5. The number of nitrogens with one attached hydrogen (secondary N) is 1. The summed E-state index contributed by atoms with van der Waals surface area (Å²) in [5.41, 5.74) is -3.70. The summed E-state index contributed by atoms with van der Waals surface area (Å²) in [6, 6.07) is 1.74. The lowest BCUT2D eigenvalue weighted by atomic mass is 9.95. The Morgan fingerprint density at radius 2 is 2.00 bits per heavy atom. The highest BCUT2D eigenvalue weighted by atomic mass is 19.4. The van der Waals surface area contributed by atoms with Crippen LogP contribution in [0.5, 0.6) is 0 Å². The van der Waals surface area contributed by atoms with Crippen molar-refractivity contribution in [1.29, 1.82) is 0 Å². The van der Waals surface area contributed by atoms with Crippen LogP contribution >= 0.6 is 0 Å². The number of rotatable bonds is 7. The van der Waals surface area contributed by atoms with E-state index >= 15 is 0 Å². The van der Waals surface area contributed by atoms with Gasteiger partial charge in [-0.1, -0.05) is 13.8 Å². The number of halogens is 3. The topological polar surface area (TPSA) is 71.3 Å². The van der Waals surface area contributed by atoms with Crippen molar-refractivity contribution in [3.05, 3.63) is 34.2 Å². The van der Waals surface area contributed by atoms with Gasteiger partial charge in [-0.25, -0.2) is 0 Å². The fourth-order valence-electron chi connectivity index (χ4n) is 2.06. The van der Waals surface area contributed by atoms with E-state index in [1.807, 2.05) is 13.8 Å². The van der Waals surface area contributed by atoms with Gasteiger partial charge in [0.25, 0.3) is 5.56 Å². The molecule has 1 heterocycles. The number of aliphatic hydroxyl groups is 1. The molecule has 0 saturated heterocycles. The molecule has 0 aliphatic rings. The Bertz CT molecular complexity index is 622. The molecule has 5 nitrogen and oxygen atoms in total. The minimum atomic E-state index is -4.77. The molecule has 1 rings (SSSR count). The van der Waals surface area contributed by atoms with Crippen LogP contribution in [0.1, 0.15) is 39.2 Å². The second-order valence-corrected chi connectivity index (χ2v) is 6.56. The molecule has 1 atom stereocenters. The Balaban J connectivity index is 2.68. The van der Waals surface area contributed by atoms with Crippen LogP contribution in [0.2, 0.25) is 0 Å². The SMILES string of the molecule is CC(C)CCC(C)(O)CNC(=O)Cn1cccc(C(F)(F)F)c1=O. The average molecular weight is 348 g/mol. The number of carbonyl (C=O) groups excluding carboxylic acids is 1. The van der Waals surface area contributed by atoms with Gasteiger partial charge in [0.1, 0.15) is 12.1 Å². The lowest BCUT2D eigenvalue weighted by Gasteiger charge is -2.24. The molecule has 1 aromatic rings. The summed E-state index contributed by atoms with van der Waals surface area (Å²) in [6.45, 7) is 5.02. The first-order chi connectivity index (χ1) is 10.9. The highest BCUT2D eigenvalue weighted by Crippen LogP contribution is 2.25. The minimum absolute atomic E-state index is 0.0355. The number of pyridine rings is 1. The molecule has 0 aliphatic carbocycles. The number of nitrogens with zero attached hydrogens (tertiary/aromatic N) is 1. The first-order valence-electron chi connectivity index (χ1n) is 7.68. The molecule has 0 fully saturated rings. The molecule has 24 heavy (non-hydrogen) atoms. The third kappa shape index (κ3) is 6.35. The molecule has 2 N–H and O–H groups in total. The van der Waals surface area contributed by atoms with Crippen LogP contribution in [0.25, 0.3) is 0 Å². The molecule has 0 saturated carbocycles. The normalized spacial score (nSPS) is 14.5. The lowest BCUT2D eigenvalue weighted by Crippen LogP contribution is -2.43. The van der Waals surface area contributed by atoms with E-state index < -0.39 is 35.4 Å². The Morgan fingerprint density at radius 3 is 2.54 bits per heavy atom. The number of carbonyl (C=O) groups is 1. The molecule has 0 spiro atoms. The number of amides is 1. The number of hydrogen-bond donors (Lipinski definition) is 2. The van der Waals surface area contributed by atoms with Gasteiger partial charge >= 0.3 is 6.18 Å². The van der Waals surface area contributed by atoms with Crippen LogP contribution in [0.4, 0.5) is 13.2 Å². The summed E-state index contributed by atoms with van der Waals surface area (Å²) in [4.78, 5) is 23.6. The largest absolute Gasteiger partial charge is 0.421 e. The Hall–Kier alpha value is -1.83. The maximum Gasteiger partial charge on any atom is 0.421 e. The first kappa shape index (κ1) is 20.2. The molecule has 1 unspecified atom stereocenters. The maximum absolute atomic E-state index is 12.7. The Morgan fingerprint density at radius 1 is 1.38 bits per heavy atom. The van der Waals surface area contributed by atoms with Crippen molar-refractivity contribution in [1.82, 2.24) is 9.88 Å². The van der Waals surface area contributed by atoms with Crippen molar-refractivity contribution >= 4 is 5.91 Å². The zero-order valence-electron chi connectivity index (χ0n) is 14.0. The van der Waals surface area contributed by atoms with Gasteiger partial charge in [-0.15, -0.1) is 0 Å². The molecule has 1 aromatic heterocycles. The molecule has 136 valence electrons. The summed E-state index contributed by atoms with van der Waals surface area (Å²) in [5, 5.41) is 12.6. The summed E-state index contributed by atoms with van der Waals surface area (Å²) >= 11 is 0. The fourth-order valence-corrected chi connectivity index (χ4v) is 2.06. The van der Waals surface area contributed by atoms with Crippen LogP contribution in [-0.2, 0) is 17.5 Å². The minimum Gasteiger partial charge on any atom is -0.388 e. The van der Waals surface area contributed by atoms with Gasteiger partial charge in [0.05, 0.1) is 5.60 Å². The molecule has 0 aromatic carbocycles. The summed E-state index contributed by atoms with van der Waals surface area (Å²) < 4.78 is 38.7. The predicted molar refractivity (Wildman–Crippen MR) is 83.4 cm³/mol. The predicted octanol–water partition coefficient (Wildman–Crippen LogP) is 2.17. The highest BCUT2D eigenvalue weighted by molar-refractivity contribution is 5.75. The second kappa shape index (κ2) is 7.83. The van der Waals surface area contributed by atoms with Crippen LogP contribution in [0, 0.1) is 5.92 Å². The molecule has 0 bridgehead atoms. The van der Waals surface area contributed by atoms with Gasteiger partial charge in [-0.05, 0) is 37.8 Å². The van der Waals surface area contributed by atoms with Crippen LogP contribution in [-0.4, -0.2) is 27.7 Å². The van der Waals surface area contributed by atoms with E-state index in [1.54, 1.807) is 6.92 Å². The Labute approximate surface area is 138 Å². The van der Waals surface area contributed by atoms with Crippen LogP contribution in [0.15, 0.2) is 23.1 Å². The number of aromatic nitrogens is 1. The van der Waals surface area contributed by atoms with E-state index in [0.29, 0.717) is 23.0 Å². The fraction of sp³-hybridized carbons (Fsp3) is 0.625. The second-order valence-electron chi connectivity index (χ2n) is 6.56. The molecular formula is C16H23F3N2O3. The van der Waals surface area contributed by atoms with Gasteiger partial charge < -0.3 is 15.0 Å². The van der Waals surface area contributed by atoms with Gasteiger partial charge in [0.15, 0.2) is 0 Å². The number of hydrogen-bond acceptors (Lipinski definition) is 3. The van der Waals surface area contributed by atoms with E-state index in [-0.39, 0.29) is 6.54 Å². The van der Waals surface area contributed by atoms with Gasteiger partial charge in [-0.2, -0.15) is 13.2 Å². The van der Waals surface area contributed by atoms with E-state index in [1.165, 1.54) is 0 Å². The molecular weight excluding hydrogens is 325 g/mol. The third-order valence-corrected chi connectivity index (χ3v) is 3.57. The van der Waals surface area contributed by atoms with Crippen molar-refractivity contribution in [2.24, 2.45) is 5.92 Å². The Kier molecular flexibility index (Phi) is 6.59. The lowest BCUT2D eigenvalue weighted by molar-refractivity contribution is -0.139. The zero-order valence-corrected chi connectivity index (χ0v) is 14.0. The van der Waals surface area contributed by atoms with Gasteiger partial charge in [0, 0.05) is 12.7 Å². The number of alkyl halides is 3. The monoisotopic (exact) mass is 348 g/mol. The van der Waals surface area contributed by atoms with Crippen molar-refractivity contribution in [3.63, 3.8) is 0 Å². The molecule has 0 radical (unpaired) electrons. The first-order valence-corrected chi connectivity index (χ1v) is 7.68. The van der Waals surface area contributed by atoms with E-state index in [4.69, 9.17) is 0 Å². The van der Waals surface area contributed by atoms with Crippen molar-refractivity contribution in [2.45, 2.75) is 51.9 Å². The third-order valence-electron chi connectivity index (χ3n) is 3.57. The van der Waals surface area contributed by atoms with Crippen LogP contribution in [0.3, 0.4) is 0 Å². The van der Waals surface area contributed by atoms with Crippen molar-refractivity contribution in [3.8, 4) is 0 Å². The standard InChI is InChI=1S/C16H23F3N2O3/c1-11(2)6-7-15(3,24)10-20-13(22)9-21-8-4-5-12(14(21)23)16(17,18)19/h4-5,8,11,24H,6-7,9-10H2,1-3H3,(H,20,22). The summed E-state index contributed by atoms with van der Waals surface area (Å²) in [6.07, 6.45) is -2.39. The molecule has 8 heteroatoms. The van der Waals surface area contributed by atoms with Gasteiger partial charge in [-0.3, -0.25) is 9.59 Å². The van der Waals surface area contributed by atoms with E-state index in [9.17, 15) is 27.9 Å². The summed E-state index contributed by atoms with van der Waals surface area (Å²) in [7, 11) is 0. The quantitative estimate of drug-likeness (QED) is 0.793. The molecule has 1 amide bonds. The van der Waals surface area contributed by atoms with E-state index in [0.717, 1.165) is 18.7 Å². The molecule has 0 aliphatic heterocycles.